The van der Waals surface area contributed by atoms with Crippen molar-refractivity contribution < 1.29 is 9.47 Å². The van der Waals surface area contributed by atoms with Crippen LogP contribution in [0.3, 0.4) is 0 Å². The van der Waals surface area contributed by atoms with Crippen molar-refractivity contribution >= 4 is 11.6 Å². The average Bonchev–Trinajstić information content (AvgIpc) is 2.25. The fourth-order valence-electron chi connectivity index (χ4n) is 1.32. The first-order valence-electron chi connectivity index (χ1n) is 4.89. The quantitative estimate of drug-likeness (QED) is 0.803. The number of methoxy groups -OCH3 is 2. The Morgan fingerprint density at radius 3 is 2.44 bits per heavy atom. The summed E-state index contributed by atoms with van der Waals surface area (Å²) in [6, 6.07) is 3.76. The molecule has 4 nitrogen and oxygen atoms in total. The number of halogens is 1. The highest BCUT2D eigenvalue weighted by Gasteiger charge is 2.10. The van der Waals surface area contributed by atoms with Crippen LogP contribution in [0.2, 0.25) is 5.02 Å². The van der Waals surface area contributed by atoms with Gasteiger partial charge in [0.15, 0.2) is 11.5 Å². The molecule has 0 atom stereocenters. The Morgan fingerprint density at radius 2 is 1.94 bits per heavy atom. The molecule has 0 aliphatic rings. The lowest BCUT2D eigenvalue weighted by atomic mass is 10.2. The zero-order valence-corrected chi connectivity index (χ0v) is 10.8. The summed E-state index contributed by atoms with van der Waals surface area (Å²) in [6.07, 6.45) is 0. The van der Waals surface area contributed by atoms with Gasteiger partial charge in [-0.3, -0.25) is 10.4 Å². The second-order valence-corrected chi connectivity index (χ2v) is 3.95. The molecule has 5 heteroatoms. The molecule has 0 heterocycles. The van der Waals surface area contributed by atoms with Crippen LogP contribution >= 0.6 is 11.6 Å². The van der Waals surface area contributed by atoms with E-state index in [2.05, 4.69) is 5.43 Å². The molecule has 0 aliphatic carbocycles. The summed E-state index contributed by atoms with van der Waals surface area (Å²) >= 11 is 6.08. The number of hydrazine groups is 1. The smallest absolute Gasteiger partial charge is 0.179 e. The van der Waals surface area contributed by atoms with Crippen LogP contribution in [0.4, 0.5) is 0 Å². The standard InChI is InChI=1S/C11H17ClN2O2/c1-14(2)13-7-8-5-9(12)11(16-4)10(6-8)15-3/h5-6,13H,7H2,1-4H3. The molecule has 0 amide bonds. The van der Waals surface area contributed by atoms with Crippen LogP contribution < -0.4 is 14.9 Å². The van der Waals surface area contributed by atoms with Crippen LogP contribution in [-0.2, 0) is 6.54 Å². The van der Waals surface area contributed by atoms with Crippen LogP contribution in [0.1, 0.15) is 5.56 Å². The van der Waals surface area contributed by atoms with Crippen molar-refractivity contribution in [3.63, 3.8) is 0 Å². The SMILES string of the molecule is COc1cc(CNN(C)C)cc(Cl)c1OC. The molecule has 0 bridgehead atoms. The minimum atomic E-state index is 0.553. The Kier molecular flexibility index (Phi) is 4.86. The van der Waals surface area contributed by atoms with E-state index in [1.165, 1.54) is 0 Å². The third kappa shape index (κ3) is 3.27. The predicted molar refractivity (Wildman–Crippen MR) is 65.1 cm³/mol. The van der Waals surface area contributed by atoms with Gasteiger partial charge in [0.25, 0.3) is 0 Å². The third-order valence-electron chi connectivity index (χ3n) is 2.09. The lowest BCUT2D eigenvalue weighted by molar-refractivity contribution is 0.285. The molecule has 0 saturated heterocycles. The van der Waals surface area contributed by atoms with Crippen molar-refractivity contribution in [1.29, 1.82) is 0 Å². The van der Waals surface area contributed by atoms with Crippen molar-refractivity contribution in [3.05, 3.63) is 22.7 Å². The van der Waals surface area contributed by atoms with E-state index in [1.807, 2.05) is 31.2 Å². The van der Waals surface area contributed by atoms with Crippen molar-refractivity contribution in [2.45, 2.75) is 6.54 Å². The van der Waals surface area contributed by atoms with Crippen LogP contribution in [0.5, 0.6) is 11.5 Å². The number of hydrogen-bond donors (Lipinski definition) is 1. The summed E-state index contributed by atoms with van der Waals surface area (Å²) in [6.45, 7) is 0.688. The molecule has 0 saturated carbocycles. The van der Waals surface area contributed by atoms with Gasteiger partial charge < -0.3 is 9.47 Å². The summed E-state index contributed by atoms with van der Waals surface area (Å²) < 4.78 is 10.4. The van der Waals surface area contributed by atoms with E-state index in [9.17, 15) is 0 Å². The van der Waals surface area contributed by atoms with Crippen LogP contribution in [0.15, 0.2) is 12.1 Å². The number of nitrogens with one attached hydrogen (secondary N) is 1. The van der Waals surface area contributed by atoms with Crippen molar-refractivity contribution in [3.8, 4) is 11.5 Å². The van der Waals surface area contributed by atoms with Gasteiger partial charge in [0, 0.05) is 20.6 Å². The number of rotatable bonds is 5. The molecule has 1 aromatic carbocycles. The molecule has 1 aromatic rings. The van der Waals surface area contributed by atoms with Gasteiger partial charge in [-0.1, -0.05) is 11.6 Å². The lowest BCUT2D eigenvalue weighted by Gasteiger charge is -2.14. The van der Waals surface area contributed by atoms with E-state index in [0.29, 0.717) is 23.1 Å². The van der Waals surface area contributed by atoms with E-state index < -0.39 is 0 Å². The number of hydrogen-bond acceptors (Lipinski definition) is 4. The zero-order valence-electron chi connectivity index (χ0n) is 10.0. The zero-order chi connectivity index (χ0) is 12.1. The molecule has 0 aromatic heterocycles. The molecular formula is C11H17ClN2O2. The second kappa shape index (κ2) is 5.94. The van der Waals surface area contributed by atoms with Gasteiger partial charge in [0.2, 0.25) is 0 Å². The van der Waals surface area contributed by atoms with Gasteiger partial charge in [0.05, 0.1) is 19.2 Å². The van der Waals surface area contributed by atoms with Gasteiger partial charge in [-0.2, -0.15) is 0 Å². The number of benzene rings is 1. The first-order chi connectivity index (χ1) is 7.58. The first-order valence-corrected chi connectivity index (χ1v) is 5.27. The summed E-state index contributed by atoms with van der Waals surface area (Å²) in [5.41, 5.74) is 4.19. The lowest BCUT2D eigenvalue weighted by Crippen LogP contribution is -2.29. The second-order valence-electron chi connectivity index (χ2n) is 3.54. The average molecular weight is 245 g/mol. The molecule has 1 rings (SSSR count). The van der Waals surface area contributed by atoms with Crippen LogP contribution in [0.25, 0.3) is 0 Å². The van der Waals surface area contributed by atoms with Crippen LogP contribution in [-0.4, -0.2) is 33.3 Å². The number of nitrogens with zero attached hydrogens (tertiary/aromatic N) is 1. The van der Waals surface area contributed by atoms with Gasteiger partial charge in [-0.25, -0.2) is 0 Å². The molecular weight excluding hydrogens is 228 g/mol. The Labute approximate surface area is 101 Å². The van der Waals surface area contributed by atoms with Gasteiger partial charge >= 0.3 is 0 Å². The summed E-state index contributed by atoms with van der Waals surface area (Å²) in [5, 5.41) is 2.43. The topological polar surface area (TPSA) is 33.7 Å². The molecule has 0 aliphatic heterocycles. The molecule has 0 radical (unpaired) electrons. The predicted octanol–water partition coefficient (Wildman–Crippen LogP) is 1.92. The maximum Gasteiger partial charge on any atom is 0.179 e. The van der Waals surface area contributed by atoms with E-state index in [-0.39, 0.29) is 0 Å². The van der Waals surface area contributed by atoms with Crippen molar-refractivity contribution in [2.75, 3.05) is 28.3 Å². The molecule has 0 spiro atoms. The van der Waals surface area contributed by atoms with Crippen LogP contribution in [0, 0.1) is 0 Å². The first kappa shape index (κ1) is 13.1. The monoisotopic (exact) mass is 244 g/mol. The highest BCUT2D eigenvalue weighted by Crippen LogP contribution is 2.35. The largest absolute Gasteiger partial charge is 0.493 e. The Hall–Kier alpha value is -0.970. The van der Waals surface area contributed by atoms with E-state index >= 15 is 0 Å². The summed E-state index contributed by atoms with van der Waals surface area (Å²) in [7, 11) is 7.03. The molecule has 1 N–H and O–H groups in total. The highest BCUT2D eigenvalue weighted by atomic mass is 35.5. The van der Waals surface area contributed by atoms with Crippen molar-refractivity contribution in [1.82, 2.24) is 10.4 Å². The molecule has 0 unspecified atom stereocenters. The maximum atomic E-state index is 6.08. The fourth-order valence-corrected chi connectivity index (χ4v) is 1.63. The van der Waals surface area contributed by atoms with Gasteiger partial charge in [-0.05, 0) is 17.7 Å². The normalized spacial score (nSPS) is 10.6. The fraction of sp³-hybridized carbons (Fsp3) is 0.455. The maximum absolute atomic E-state index is 6.08. The number of ether oxygens (including phenoxy) is 2. The van der Waals surface area contributed by atoms with Gasteiger partial charge in [-0.15, -0.1) is 0 Å². The minimum absolute atomic E-state index is 0.553. The Bertz CT molecular complexity index is 356. The van der Waals surface area contributed by atoms with E-state index in [0.717, 1.165) is 5.56 Å². The minimum Gasteiger partial charge on any atom is -0.493 e. The third-order valence-corrected chi connectivity index (χ3v) is 2.37. The molecule has 16 heavy (non-hydrogen) atoms. The Morgan fingerprint density at radius 1 is 1.25 bits per heavy atom. The van der Waals surface area contributed by atoms with E-state index in [4.69, 9.17) is 21.1 Å². The highest BCUT2D eigenvalue weighted by molar-refractivity contribution is 6.32. The summed E-state index contributed by atoms with van der Waals surface area (Å²) in [5.74, 6) is 1.21. The molecule has 90 valence electrons. The van der Waals surface area contributed by atoms with E-state index in [1.54, 1.807) is 14.2 Å². The Balaban J connectivity index is 2.92. The summed E-state index contributed by atoms with van der Waals surface area (Å²) in [4.78, 5) is 0. The van der Waals surface area contributed by atoms with Gasteiger partial charge in [0.1, 0.15) is 0 Å². The van der Waals surface area contributed by atoms with Crippen molar-refractivity contribution in [2.24, 2.45) is 0 Å². The molecule has 0 fully saturated rings.